The van der Waals surface area contributed by atoms with Crippen LogP contribution in [0.5, 0.6) is 0 Å². The van der Waals surface area contributed by atoms with Gasteiger partial charge in [0.1, 0.15) is 12.7 Å². The Balaban J connectivity index is 1.40. The molecular formula is C20H25N5O2S. The Morgan fingerprint density at radius 3 is 2.61 bits per heavy atom. The van der Waals surface area contributed by atoms with E-state index in [4.69, 9.17) is 0 Å². The van der Waals surface area contributed by atoms with Crippen molar-refractivity contribution in [1.29, 1.82) is 0 Å². The van der Waals surface area contributed by atoms with E-state index >= 15 is 0 Å². The lowest BCUT2D eigenvalue weighted by atomic mass is 9.73. The molecule has 1 aromatic heterocycles. The number of aryl methyl sites for hydroxylation is 1. The Morgan fingerprint density at radius 1 is 1.18 bits per heavy atom. The largest absolute Gasteiger partial charge is 0.352 e. The Hall–Kier alpha value is -2.35. The van der Waals surface area contributed by atoms with Gasteiger partial charge in [0.15, 0.2) is 0 Å². The van der Waals surface area contributed by atoms with Crippen molar-refractivity contribution in [2.45, 2.75) is 31.8 Å². The zero-order valence-electron chi connectivity index (χ0n) is 15.8. The minimum Gasteiger partial charge on any atom is -0.352 e. The van der Waals surface area contributed by atoms with Crippen LogP contribution in [-0.2, 0) is 22.6 Å². The Bertz CT molecular complexity index is 799. The van der Waals surface area contributed by atoms with Crippen LogP contribution in [0.2, 0.25) is 0 Å². The molecule has 0 aliphatic carbocycles. The molecular weight excluding hydrogens is 374 g/mol. The van der Waals surface area contributed by atoms with Gasteiger partial charge in [-0.3, -0.25) is 9.59 Å². The molecule has 0 spiro atoms. The normalized spacial score (nSPS) is 20.6. The van der Waals surface area contributed by atoms with E-state index in [0.717, 1.165) is 23.5 Å². The van der Waals surface area contributed by atoms with Gasteiger partial charge in [-0.2, -0.15) is 11.8 Å². The summed E-state index contributed by atoms with van der Waals surface area (Å²) in [5.41, 5.74) is 0.607. The first kappa shape index (κ1) is 19.0. The lowest BCUT2D eigenvalue weighted by molar-refractivity contribution is -0.154. The van der Waals surface area contributed by atoms with Crippen molar-refractivity contribution in [3.63, 3.8) is 0 Å². The van der Waals surface area contributed by atoms with Gasteiger partial charge in [-0.15, -0.1) is 10.2 Å². The van der Waals surface area contributed by atoms with Crippen LogP contribution < -0.4 is 5.32 Å². The zero-order chi connectivity index (χ0) is 19.4. The minimum atomic E-state index is -0.527. The number of nitrogens with zero attached hydrogens (tertiary/aromatic N) is 4. The van der Waals surface area contributed by atoms with Crippen molar-refractivity contribution >= 4 is 23.6 Å². The second-order valence-electron chi connectivity index (χ2n) is 7.68. The fourth-order valence-corrected chi connectivity index (χ4v) is 5.04. The minimum absolute atomic E-state index is 0.0709. The van der Waals surface area contributed by atoms with Gasteiger partial charge < -0.3 is 14.8 Å². The highest BCUT2D eigenvalue weighted by Gasteiger charge is 2.51. The van der Waals surface area contributed by atoms with E-state index in [2.05, 4.69) is 27.6 Å². The molecule has 2 aromatic rings. The van der Waals surface area contributed by atoms with Crippen molar-refractivity contribution < 1.29 is 9.59 Å². The smallest absolute Gasteiger partial charge is 0.230 e. The maximum Gasteiger partial charge on any atom is 0.230 e. The number of nitrogens with one attached hydrogen (secondary N) is 1. The molecule has 1 aromatic carbocycles. The molecule has 0 radical (unpaired) electrons. The molecule has 2 saturated heterocycles. The lowest BCUT2D eigenvalue weighted by Gasteiger charge is -2.49. The van der Waals surface area contributed by atoms with E-state index in [0.29, 0.717) is 32.5 Å². The first-order valence-corrected chi connectivity index (χ1v) is 10.8. The molecule has 2 amide bonds. The van der Waals surface area contributed by atoms with Gasteiger partial charge in [-0.1, -0.05) is 30.3 Å². The number of rotatable bonds is 7. The fourth-order valence-electron chi connectivity index (χ4n) is 3.89. The van der Waals surface area contributed by atoms with E-state index in [1.807, 2.05) is 30.0 Å². The summed E-state index contributed by atoms with van der Waals surface area (Å²) >= 11 is 1.88. The summed E-state index contributed by atoms with van der Waals surface area (Å²) in [4.78, 5) is 27.5. The Kier molecular flexibility index (Phi) is 5.66. The summed E-state index contributed by atoms with van der Waals surface area (Å²) in [6.45, 7) is 1.52. The molecule has 2 aliphatic heterocycles. The maximum atomic E-state index is 13.1. The Labute approximate surface area is 168 Å². The molecule has 2 aliphatic rings. The van der Waals surface area contributed by atoms with Crippen LogP contribution in [0.25, 0.3) is 0 Å². The average molecular weight is 400 g/mol. The van der Waals surface area contributed by atoms with Crippen LogP contribution in [-0.4, -0.2) is 62.1 Å². The number of amides is 2. The number of hydrogen-bond donors (Lipinski definition) is 1. The summed E-state index contributed by atoms with van der Waals surface area (Å²) in [5, 5.41) is 10.7. The molecule has 3 heterocycles. The van der Waals surface area contributed by atoms with Crippen LogP contribution in [0, 0.1) is 5.41 Å². The fraction of sp³-hybridized carbons (Fsp3) is 0.500. The SMILES string of the molecule is O=C(CCn1cnnc1)N1CC(Cc2ccccc2)(C(=O)NC2CCSC2)C1. The molecule has 148 valence electrons. The van der Waals surface area contributed by atoms with Gasteiger partial charge in [0.25, 0.3) is 0 Å². The molecule has 1 unspecified atom stereocenters. The topological polar surface area (TPSA) is 80.1 Å². The van der Waals surface area contributed by atoms with Crippen LogP contribution in [0.1, 0.15) is 18.4 Å². The molecule has 1 N–H and O–H groups in total. The number of hydrogen-bond acceptors (Lipinski definition) is 5. The van der Waals surface area contributed by atoms with Crippen LogP contribution >= 0.6 is 11.8 Å². The lowest BCUT2D eigenvalue weighted by Crippen LogP contribution is -2.66. The number of benzene rings is 1. The van der Waals surface area contributed by atoms with Gasteiger partial charge in [-0.05, 0) is 24.2 Å². The second kappa shape index (κ2) is 8.34. The number of thioether (sulfide) groups is 1. The van der Waals surface area contributed by atoms with E-state index in [1.54, 1.807) is 22.1 Å². The zero-order valence-corrected chi connectivity index (χ0v) is 16.6. The van der Waals surface area contributed by atoms with E-state index in [-0.39, 0.29) is 17.9 Å². The number of aromatic nitrogens is 3. The third kappa shape index (κ3) is 4.22. The van der Waals surface area contributed by atoms with Gasteiger partial charge in [0.05, 0.1) is 5.41 Å². The van der Waals surface area contributed by atoms with Crippen molar-refractivity contribution in [2.75, 3.05) is 24.6 Å². The standard InChI is InChI=1S/C20H25N5O2S/c26-18(6-8-24-14-21-22-15-24)25-12-20(13-25,10-16-4-2-1-3-5-16)19(27)23-17-7-9-28-11-17/h1-5,14-15,17H,6-13H2,(H,23,27). The highest BCUT2D eigenvalue weighted by Crippen LogP contribution is 2.36. The summed E-state index contributed by atoms with van der Waals surface area (Å²) in [7, 11) is 0. The van der Waals surface area contributed by atoms with Gasteiger partial charge in [0.2, 0.25) is 11.8 Å². The third-order valence-electron chi connectivity index (χ3n) is 5.52. The molecule has 4 rings (SSSR count). The van der Waals surface area contributed by atoms with Crippen molar-refractivity contribution in [3.8, 4) is 0 Å². The van der Waals surface area contributed by atoms with Crippen molar-refractivity contribution in [1.82, 2.24) is 25.0 Å². The summed E-state index contributed by atoms with van der Waals surface area (Å²) in [6, 6.07) is 10.3. The summed E-state index contributed by atoms with van der Waals surface area (Å²) in [6.07, 6.45) is 5.29. The van der Waals surface area contributed by atoms with Crippen LogP contribution in [0.4, 0.5) is 0 Å². The molecule has 28 heavy (non-hydrogen) atoms. The third-order valence-corrected chi connectivity index (χ3v) is 6.68. The molecule has 7 nitrogen and oxygen atoms in total. The average Bonchev–Trinajstić information content (AvgIpc) is 3.37. The Morgan fingerprint density at radius 2 is 1.93 bits per heavy atom. The molecule has 0 bridgehead atoms. The number of carbonyl (C=O) groups excluding carboxylic acids is 2. The summed E-state index contributed by atoms with van der Waals surface area (Å²) in [5.74, 6) is 2.24. The van der Waals surface area contributed by atoms with Gasteiger partial charge in [-0.25, -0.2) is 0 Å². The quantitative estimate of drug-likeness (QED) is 0.761. The monoisotopic (exact) mass is 399 g/mol. The van der Waals surface area contributed by atoms with Gasteiger partial charge in [0, 0.05) is 37.8 Å². The maximum absolute atomic E-state index is 13.1. The van der Waals surface area contributed by atoms with Crippen molar-refractivity contribution in [2.24, 2.45) is 5.41 Å². The molecule has 1 atom stereocenters. The van der Waals surface area contributed by atoms with E-state index < -0.39 is 5.41 Å². The second-order valence-corrected chi connectivity index (χ2v) is 8.83. The molecule has 2 fully saturated rings. The first-order valence-electron chi connectivity index (χ1n) is 9.67. The molecule has 0 saturated carbocycles. The van der Waals surface area contributed by atoms with E-state index in [9.17, 15) is 9.59 Å². The number of likely N-dealkylation sites (tertiary alicyclic amines) is 1. The van der Waals surface area contributed by atoms with Crippen LogP contribution in [0.15, 0.2) is 43.0 Å². The summed E-state index contributed by atoms with van der Waals surface area (Å²) < 4.78 is 1.79. The predicted molar refractivity (Wildman–Crippen MR) is 108 cm³/mol. The highest BCUT2D eigenvalue weighted by atomic mass is 32.2. The highest BCUT2D eigenvalue weighted by molar-refractivity contribution is 7.99. The van der Waals surface area contributed by atoms with Crippen molar-refractivity contribution in [3.05, 3.63) is 48.5 Å². The predicted octanol–water partition coefficient (Wildman–Crippen LogP) is 1.36. The van der Waals surface area contributed by atoms with Gasteiger partial charge >= 0.3 is 0 Å². The van der Waals surface area contributed by atoms with E-state index in [1.165, 1.54) is 0 Å². The first-order chi connectivity index (χ1) is 13.6. The number of carbonyl (C=O) groups is 2. The molecule has 8 heteroatoms. The van der Waals surface area contributed by atoms with Crippen LogP contribution in [0.3, 0.4) is 0 Å².